The second kappa shape index (κ2) is 12.2. The van der Waals surface area contributed by atoms with Crippen molar-refractivity contribution in [3.05, 3.63) is 128 Å². The third-order valence-electron chi connectivity index (χ3n) is 9.91. The SMILES string of the molecule is CC(C)(C)c1ccc([CH]=[Zr+2])cc1.CC1=[C-]C(C)(C)c2cc3c(cc21)-c1cc2c(cc1C3)C(C)(C)C=C2C.CC1=[C-]C(C)C=C1C. The first-order chi connectivity index (χ1) is 20.9. The van der Waals surface area contributed by atoms with Gasteiger partial charge in [-0.15, -0.1) is 18.6 Å². The van der Waals surface area contributed by atoms with Gasteiger partial charge in [0.15, 0.2) is 0 Å². The van der Waals surface area contributed by atoms with Crippen LogP contribution in [0.15, 0.2) is 71.8 Å². The predicted octanol–water partition coefficient (Wildman–Crippen LogP) is 11.5. The van der Waals surface area contributed by atoms with Gasteiger partial charge in [0.05, 0.1) is 0 Å². The fourth-order valence-corrected chi connectivity index (χ4v) is 7.82. The Morgan fingerprint density at radius 1 is 0.756 bits per heavy atom. The van der Waals surface area contributed by atoms with Crippen molar-refractivity contribution in [1.29, 1.82) is 0 Å². The van der Waals surface area contributed by atoms with Gasteiger partial charge in [-0.3, -0.25) is 12.2 Å². The summed E-state index contributed by atoms with van der Waals surface area (Å²) in [6.07, 6.45) is 12.7. The molecule has 0 radical (unpaired) electrons. The summed E-state index contributed by atoms with van der Waals surface area (Å²) < 4.78 is 2.21. The molecule has 1 atom stereocenters. The Kier molecular flexibility index (Phi) is 9.14. The number of fused-ring (bicyclic) bond motifs is 5. The van der Waals surface area contributed by atoms with Crippen LogP contribution in [0.3, 0.4) is 0 Å². The molecule has 0 N–H and O–H groups in total. The van der Waals surface area contributed by atoms with Gasteiger partial charge in [0.2, 0.25) is 0 Å². The van der Waals surface area contributed by atoms with Gasteiger partial charge >= 0.3 is 89.5 Å². The third kappa shape index (κ3) is 6.76. The van der Waals surface area contributed by atoms with E-state index in [1.165, 1.54) is 102 Å². The third-order valence-corrected chi connectivity index (χ3v) is 10.7. The largest absolute Gasteiger partial charge is 0.266 e. The molecule has 0 spiro atoms. The molecule has 0 fully saturated rings. The van der Waals surface area contributed by atoms with E-state index in [1.54, 1.807) is 0 Å². The molecule has 0 saturated heterocycles. The van der Waals surface area contributed by atoms with E-state index in [4.69, 9.17) is 0 Å². The molecule has 0 saturated carbocycles. The Morgan fingerprint density at radius 3 is 1.82 bits per heavy atom. The number of rotatable bonds is 1. The summed E-state index contributed by atoms with van der Waals surface area (Å²) in [4.78, 5) is 0. The van der Waals surface area contributed by atoms with Gasteiger partial charge in [-0.2, -0.15) is 11.6 Å². The first-order valence-electron chi connectivity index (χ1n) is 16.5. The van der Waals surface area contributed by atoms with Crippen LogP contribution in [0.4, 0.5) is 0 Å². The van der Waals surface area contributed by atoms with Crippen molar-refractivity contribution in [1.82, 2.24) is 0 Å². The van der Waals surface area contributed by atoms with Crippen LogP contribution in [0, 0.1) is 18.1 Å². The van der Waals surface area contributed by atoms with Crippen molar-refractivity contribution in [2.75, 3.05) is 0 Å². The molecule has 4 aliphatic carbocycles. The molecule has 0 aliphatic heterocycles. The summed E-state index contributed by atoms with van der Waals surface area (Å²) in [7, 11) is 0. The van der Waals surface area contributed by atoms with E-state index >= 15 is 0 Å². The van der Waals surface area contributed by atoms with E-state index in [9.17, 15) is 0 Å². The topological polar surface area (TPSA) is 0 Å². The summed E-state index contributed by atoms with van der Waals surface area (Å²) in [6, 6.07) is 18.6. The van der Waals surface area contributed by atoms with Crippen molar-refractivity contribution in [2.24, 2.45) is 5.92 Å². The number of benzene rings is 3. The van der Waals surface area contributed by atoms with Crippen molar-refractivity contribution in [3.63, 3.8) is 0 Å². The fourth-order valence-electron chi connectivity index (χ4n) is 7.35. The molecule has 230 valence electrons. The van der Waals surface area contributed by atoms with E-state index < -0.39 is 0 Å². The number of hydrogen-bond acceptors (Lipinski definition) is 0. The molecule has 0 amide bonds. The molecule has 3 aromatic rings. The molecule has 4 aliphatic rings. The van der Waals surface area contributed by atoms with Crippen LogP contribution in [-0.2, 0) is 46.9 Å². The van der Waals surface area contributed by atoms with Crippen LogP contribution < -0.4 is 0 Å². The van der Waals surface area contributed by atoms with Gasteiger partial charge < -0.3 is 0 Å². The summed E-state index contributed by atoms with van der Waals surface area (Å²) in [5.74, 6) is 0.551. The van der Waals surface area contributed by atoms with Crippen molar-refractivity contribution >= 4 is 14.9 Å². The molecule has 0 aromatic heterocycles. The zero-order valence-corrected chi connectivity index (χ0v) is 32.1. The summed E-state index contributed by atoms with van der Waals surface area (Å²) >= 11 is 1.46. The van der Waals surface area contributed by atoms with Crippen LogP contribution in [0.1, 0.15) is 128 Å². The van der Waals surface area contributed by atoms with Crippen LogP contribution >= 0.6 is 0 Å². The van der Waals surface area contributed by atoms with Crippen LogP contribution in [0.25, 0.3) is 22.3 Å². The first kappa shape index (κ1) is 33.7. The molecule has 1 unspecified atom stereocenters. The van der Waals surface area contributed by atoms with Gasteiger partial charge in [0.25, 0.3) is 0 Å². The molecule has 0 bridgehead atoms. The Labute approximate surface area is 288 Å². The second-order valence-electron chi connectivity index (χ2n) is 15.6. The van der Waals surface area contributed by atoms with Crippen LogP contribution in [0.5, 0.6) is 0 Å². The number of allylic oxidation sites excluding steroid dienone is 8. The Morgan fingerprint density at radius 2 is 1.33 bits per heavy atom. The van der Waals surface area contributed by atoms with E-state index in [0.29, 0.717) is 5.92 Å². The monoisotopic (exact) mass is 668 g/mol. The van der Waals surface area contributed by atoms with Crippen LogP contribution in [0.2, 0.25) is 0 Å². The summed E-state index contributed by atoms with van der Waals surface area (Å²) in [5.41, 5.74) is 20.3. The molecule has 3 aromatic carbocycles. The molecule has 0 nitrogen and oxygen atoms in total. The van der Waals surface area contributed by atoms with Crippen molar-refractivity contribution in [3.8, 4) is 11.1 Å². The van der Waals surface area contributed by atoms with Gasteiger partial charge in [-0.05, 0) is 58.4 Å². The second-order valence-corrected chi connectivity index (χ2v) is 16.3. The zero-order chi connectivity index (χ0) is 33.1. The Hall–Kier alpha value is -2.63. The predicted molar refractivity (Wildman–Crippen MR) is 192 cm³/mol. The smallest absolute Gasteiger partial charge is 0.00873 e. The maximum atomic E-state index is 3.65. The minimum absolute atomic E-state index is 0.0340. The minimum atomic E-state index is 0.0340. The molecule has 7 rings (SSSR count). The first-order valence-corrected chi connectivity index (χ1v) is 17.9. The van der Waals surface area contributed by atoms with Crippen LogP contribution in [-0.4, -0.2) is 3.71 Å². The van der Waals surface area contributed by atoms with Gasteiger partial charge in [0, 0.05) is 5.41 Å². The average Bonchev–Trinajstić information content (AvgIpc) is 3.60. The Balaban J connectivity index is 0.000000166. The molecule has 0 heterocycles. The van der Waals surface area contributed by atoms with E-state index in [1.807, 2.05) is 0 Å². The molecular weight excluding hydrogens is 620 g/mol. The van der Waals surface area contributed by atoms with E-state index in [2.05, 4.69) is 160 Å². The summed E-state index contributed by atoms with van der Waals surface area (Å²) in [6.45, 7) is 26.8. The quantitative estimate of drug-likeness (QED) is 0.177. The van der Waals surface area contributed by atoms with Crippen molar-refractivity contribution < 1.29 is 24.2 Å². The normalized spacial score (nSPS) is 19.4. The molecule has 1 heteroatoms. The van der Waals surface area contributed by atoms with Crippen molar-refractivity contribution in [2.45, 2.75) is 106 Å². The van der Waals surface area contributed by atoms with Gasteiger partial charge in [-0.1, -0.05) is 78.0 Å². The fraction of sp³-hybridized carbons (Fsp3) is 0.386. The van der Waals surface area contributed by atoms with Gasteiger partial charge in [0.1, 0.15) is 0 Å². The average molecular weight is 670 g/mol. The van der Waals surface area contributed by atoms with Gasteiger partial charge in [-0.25, -0.2) is 16.7 Å². The maximum Gasteiger partial charge on any atom is 0.00873 e. The maximum absolute atomic E-state index is 3.65. The van der Waals surface area contributed by atoms with E-state index in [-0.39, 0.29) is 16.2 Å². The zero-order valence-electron chi connectivity index (χ0n) is 29.6. The number of hydrogen-bond donors (Lipinski definition) is 0. The Bertz CT molecular complexity index is 1690. The standard InChI is InChI=1S/C25H25.C11H14.C8H11.Zr/c1-14-12-24(3,4)22-8-16-7-17-9-23-19(15(2)13-25(23,5)6)11-21(17)20(16)10-18(14)22;1-9-5-7-10(8-6-9)11(2,3)4;1-6-4-7(2)8(3)5-6;/h8-12H,7H2,1-6H3;1,5-8H,2-4H3;4,6H,1-3H3;/q-1;;-1;+2. The molecule has 45 heavy (non-hydrogen) atoms. The van der Waals surface area contributed by atoms with E-state index in [0.717, 1.165) is 6.42 Å². The minimum Gasteiger partial charge on any atom is -0.266 e. The molecular formula is C44H50Zr. The summed E-state index contributed by atoms with van der Waals surface area (Å²) in [5, 5.41) is 0.